The number of halogens is 1. The van der Waals surface area contributed by atoms with Crippen LogP contribution in [0.2, 0.25) is 0 Å². The number of rotatable bonds is 2. The number of nitrogens with zero attached hydrogens (tertiary/aromatic N) is 1. The molecule has 1 aliphatic rings. The number of hydrogen-bond donors (Lipinski definition) is 1. The highest BCUT2D eigenvalue weighted by Gasteiger charge is 2.47. The zero-order valence-corrected chi connectivity index (χ0v) is 15.1. The normalized spacial score (nSPS) is 20.6. The van der Waals surface area contributed by atoms with Crippen molar-refractivity contribution in [3.8, 4) is 11.8 Å². The van der Waals surface area contributed by atoms with Crippen molar-refractivity contribution in [1.29, 1.82) is 0 Å². The molecular weight excluding hydrogens is 355 g/mol. The molecule has 1 aromatic heterocycles. The first-order valence-corrected chi connectivity index (χ1v) is 8.82. The highest BCUT2D eigenvalue weighted by molar-refractivity contribution is 5.72. The lowest BCUT2D eigenvalue weighted by molar-refractivity contribution is 0.0491. The van der Waals surface area contributed by atoms with E-state index in [4.69, 9.17) is 4.74 Å². The molecule has 0 spiro atoms. The summed E-state index contributed by atoms with van der Waals surface area (Å²) >= 11 is 0. The van der Waals surface area contributed by atoms with Gasteiger partial charge in [0.25, 0.3) is 0 Å². The van der Waals surface area contributed by atoms with Crippen LogP contribution >= 0.6 is 0 Å². The van der Waals surface area contributed by atoms with Crippen LogP contribution in [0.4, 0.5) is 9.18 Å². The van der Waals surface area contributed by atoms with Gasteiger partial charge in [-0.3, -0.25) is 4.98 Å². The fourth-order valence-electron chi connectivity index (χ4n) is 3.31. The maximum absolute atomic E-state index is 13.8. The maximum atomic E-state index is 13.8. The largest absolute Gasteiger partial charge is 0.436 e. The van der Waals surface area contributed by atoms with Crippen molar-refractivity contribution in [2.24, 2.45) is 0 Å². The van der Waals surface area contributed by atoms with Crippen LogP contribution in [0.1, 0.15) is 35.2 Å². The first-order chi connectivity index (χ1) is 13.5. The molecule has 5 heteroatoms. The highest BCUT2D eigenvalue weighted by Crippen LogP contribution is 2.42. The molecule has 2 heterocycles. The van der Waals surface area contributed by atoms with Crippen molar-refractivity contribution in [3.63, 3.8) is 0 Å². The van der Waals surface area contributed by atoms with Gasteiger partial charge in [0, 0.05) is 29.1 Å². The van der Waals surface area contributed by atoms with Crippen molar-refractivity contribution >= 4 is 6.09 Å². The SMILES string of the molecule is C[C@@]1(c2cccc(F)c2)OC(=O)N[C@@H]1c1cncc(C#Cc2ccccc2)c1. The highest BCUT2D eigenvalue weighted by atomic mass is 19.1. The molecule has 0 bridgehead atoms. The van der Waals surface area contributed by atoms with E-state index in [1.165, 1.54) is 12.1 Å². The number of cyclic esters (lactones) is 1. The minimum Gasteiger partial charge on any atom is -0.436 e. The van der Waals surface area contributed by atoms with Crippen LogP contribution in [-0.2, 0) is 10.3 Å². The Labute approximate surface area is 162 Å². The summed E-state index contributed by atoms with van der Waals surface area (Å²) in [6.07, 6.45) is 2.76. The second-order valence-corrected chi connectivity index (χ2v) is 6.71. The number of carbonyl (C=O) groups excluding carboxylic acids is 1. The number of pyridine rings is 1. The van der Waals surface area contributed by atoms with Crippen molar-refractivity contribution in [3.05, 3.63) is 101 Å². The Bertz CT molecular complexity index is 1090. The Morgan fingerprint density at radius 3 is 2.61 bits per heavy atom. The summed E-state index contributed by atoms with van der Waals surface area (Å²) in [4.78, 5) is 16.3. The van der Waals surface area contributed by atoms with Crippen LogP contribution in [-0.4, -0.2) is 11.1 Å². The third kappa shape index (κ3) is 3.45. The zero-order valence-electron chi connectivity index (χ0n) is 15.1. The molecular formula is C23H17FN2O2. The van der Waals surface area contributed by atoms with E-state index in [-0.39, 0.29) is 5.82 Å². The van der Waals surface area contributed by atoms with E-state index >= 15 is 0 Å². The molecule has 4 rings (SSSR count). The number of nitrogens with one attached hydrogen (secondary N) is 1. The quantitative estimate of drug-likeness (QED) is 0.682. The van der Waals surface area contributed by atoms with Crippen molar-refractivity contribution < 1.29 is 13.9 Å². The summed E-state index contributed by atoms with van der Waals surface area (Å²) in [6.45, 7) is 1.76. The summed E-state index contributed by atoms with van der Waals surface area (Å²) in [7, 11) is 0. The first kappa shape index (κ1) is 17.7. The first-order valence-electron chi connectivity index (χ1n) is 8.82. The van der Waals surface area contributed by atoms with E-state index in [9.17, 15) is 9.18 Å². The molecule has 2 atom stereocenters. The topological polar surface area (TPSA) is 51.2 Å². The van der Waals surface area contributed by atoms with Crippen molar-refractivity contribution in [2.45, 2.75) is 18.6 Å². The van der Waals surface area contributed by atoms with Gasteiger partial charge >= 0.3 is 6.09 Å². The third-order valence-electron chi connectivity index (χ3n) is 4.73. The summed E-state index contributed by atoms with van der Waals surface area (Å²) in [5.74, 6) is 5.79. The Morgan fingerprint density at radius 2 is 1.82 bits per heavy atom. The van der Waals surface area contributed by atoms with Gasteiger partial charge in [-0.05, 0) is 42.8 Å². The molecule has 3 aromatic rings. The molecule has 4 nitrogen and oxygen atoms in total. The van der Waals surface area contributed by atoms with Crippen LogP contribution in [0, 0.1) is 17.7 Å². The average molecular weight is 372 g/mol. The Hall–Kier alpha value is -3.65. The number of carbonyl (C=O) groups is 1. The van der Waals surface area contributed by atoms with E-state index in [0.717, 1.165) is 11.1 Å². The van der Waals surface area contributed by atoms with Crippen LogP contribution < -0.4 is 5.32 Å². The van der Waals surface area contributed by atoms with E-state index < -0.39 is 17.7 Å². The van der Waals surface area contributed by atoms with Crippen molar-refractivity contribution in [2.75, 3.05) is 0 Å². The van der Waals surface area contributed by atoms with Gasteiger partial charge in [0.2, 0.25) is 0 Å². The third-order valence-corrected chi connectivity index (χ3v) is 4.73. The van der Waals surface area contributed by atoms with E-state index in [1.54, 1.807) is 31.5 Å². The van der Waals surface area contributed by atoms with Gasteiger partial charge in [0.15, 0.2) is 5.60 Å². The molecule has 1 N–H and O–H groups in total. The number of benzene rings is 2. The molecule has 0 unspecified atom stereocenters. The lowest BCUT2D eigenvalue weighted by Gasteiger charge is -2.29. The number of hydrogen-bond acceptors (Lipinski definition) is 3. The Morgan fingerprint density at radius 1 is 1.04 bits per heavy atom. The predicted octanol–water partition coefficient (Wildman–Crippen LogP) is 4.32. The summed E-state index contributed by atoms with van der Waals surface area (Å²) in [6, 6.07) is 17.0. The molecule has 0 aliphatic carbocycles. The minimum atomic E-state index is -1.06. The second kappa shape index (κ2) is 7.16. The van der Waals surface area contributed by atoms with E-state index in [2.05, 4.69) is 22.1 Å². The number of aromatic nitrogens is 1. The maximum Gasteiger partial charge on any atom is 0.408 e. The fraction of sp³-hybridized carbons (Fsp3) is 0.130. The summed E-state index contributed by atoms with van der Waals surface area (Å²) < 4.78 is 19.3. The zero-order chi connectivity index (χ0) is 19.6. The number of amides is 1. The monoisotopic (exact) mass is 372 g/mol. The standard InChI is InChI=1S/C23H17FN2O2/c1-23(19-8-5-9-20(24)13-19)21(26-22(27)28-23)18-12-17(14-25-15-18)11-10-16-6-3-2-4-7-16/h2-9,12-15,21H,1H3,(H,26,27)/t21-,23+/m1/s1. The molecule has 1 saturated heterocycles. The predicted molar refractivity (Wildman–Crippen MR) is 103 cm³/mol. The molecule has 1 fully saturated rings. The lowest BCUT2D eigenvalue weighted by Crippen LogP contribution is -2.31. The van der Waals surface area contributed by atoms with Gasteiger partial charge in [-0.2, -0.15) is 0 Å². The van der Waals surface area contributed by atoms with Gasteiger partial charge < -0.3 is 10.1 Å². The molecule has 1 amide bonds. The van der Waals surface area contributed by atoms with E-state index in [1.807, 2.05) is 36.4 Å². The molecule has 138 valence electrons. The minimum absolute atomic E-state index is 0.388. The average Bonchev–Trinajstić information content (AvgIpc) is 3.03. The summed E-state index contributed by atoms with van der Waals surface area (Å²) in [5.41, 5.74) is 1.85. The van der Waals surface area contributed by atoms with Gasteiger partial charge in [0.05, 0.1) is 0 Å². The van der Waals surface area contributed by atoms with Gasteiger partial charge in [-0.15, -0.1) is 0 Å². The van der Waals surface area contributed by atoms with Crippen LogP contribution in [0.15, 0.2) is 73.1 Å². The van der Waals surface area contributed by atoms with Crippen LogP contribution in [0.25, 0.3) is 0 Å². The Kier molecular flexibility index (Phi) is 4.54. The smallest absolute Gasteiger partial charge is 0.408 e. The van der Waals surface area contributed by atoms with E-state index in [0.29, 0.717) is 11.1 Å². The molecule has 1 aliphatic heterocycles. The summed E-state index contributed by atoms with van der Waals surface area (Å²) in [5, 5.41) is 2.81. The van der Waals surface area contributed by atoms with Gasteiger partial charge in [-0.1, -0.05) is 42.2 Å². The van der Waals surface area contributed by atoms with Crippen molar-refractivity contribution in [1.82, 2.24) is 10.3 Å². The molecule has 0 saturated carbocycles. The van der Waals surface area contributed by atoms with Crippen LogP contribution in [0.5, 0.6) is 0 Å². The second-order valence-electron chi connectivity index (χ2n) is 6.71. The van der Waals surface area contributed by atoms with Gasteiger partial charge in [-0.25, -0.2) is 9.18 Å². The van der Waals surface area contributed by atoms with Gasteiger partial charge in [0.1, 0.15) is 11.9 Å². The Balaban J connectivity index is 1.70. The fourth-order valence-corrected chi connectivity index (χ4v) is 3.31. The molecule has 28 heavy (non-hydrogen) atoms. The molecule has 0 radical (unpaired) electrons. The van der Waals surface area contributed by atoms with Crippen LogP contribution in [0.3, 0.4) is 0 Å². The lowest BCUT2D eigenvalue weighted by atomic mass is 9.85. The molecule has 2 aromatic carbocycles. The number of ether oxygens (including phenoxy) is 1. The number of alkyl carbamates (subject to hydrolysis) is 1.